The van der Waals surface area contributed by atoms with Crippen molar-refractivity contribution < 1.29 is 9.13 Å². The molecular formula is C22H24FN5O. The van der Waals surface area contributed by atoms with E-state index in [2.05, 4.69) is 25.1 Å². The van der Waals surface area contributed by atoms with E-state index in [1.54, 1.807) is 6.33 Å². The minimum absolute atomic E-state index is 0.207. The van der Waals surface area contributed by atoms with E-state index in [1.807, 2.05) is 49.4 Å². The van der Waals surface area contributed by atoms with E-state index in [0.29, 0.717) is 6.61 Å². The molecule has 3 aromatic rings. The number of hydrogen-bond donors (Lipinski definition) is 1. The SMILES string of the molecule is CCOc1ccc(Nc2cc(N3CCN(c4ccc(F)cc4)CC3)ncn2)cc1. The standard InChI is InChI=1S/C22H24FN5O/c1-2-29-20-9-5-18(6-10-20)26-21-15-22(25-16-24-21)28-13-11-27(12-14-28)19-7-3-17(23)4-8-19/h3-10,15-16H,2,11-14H2,1H3,(H,24,25,26). The van der Waals surface area contributed by atoms with Gasteiger partial charge in [0.05, 0.1) is 6.61 Å². The van der Waals surface area contributed by atoms with Crippen LogP contribution >= 0.6 is 0 Å². The molecule has 2 aromatic carbocycles. The Bertz CT molecular complexity index is 925. The fraction of sp³-hybridized carbons (Fsp3) is 0.273. The molecule has 0 bridgehead atoms. The van der Waals surface area contributed by atoms with Gasteiger partial charge in [-0.1, -0.05) is 0 Å². The number of benzene rings is 2. The summed E-state index contributed by atoms with van der Waals surface area (Å²) in [5.74, 6) is 2.29. The van der Waals surface area contributed by atoms with Gasteiger partial charge in [-0.15, -0.1) is 0 Å². The first-order chi connectivity index (χ1) is 14.2. The summed E-state index contributed by atoms with van der Waals surface area (Å²) in [5, 5.41) is 3.31. The lowest BCUT2D eigenvalue weighted by Gasteiger charge is -2.36. The Morgan fingerprint density at radius 3 is 2.31 bits per heavy atom. The summed E-state index contributed by atoms with van der Waals surface area (Å²) in [4.78, 5) is 13.3. The highest BCUT2D eigenvalue weighted by Gasteiger charge is 2.19. The normalized spacial score (nSPS) is 14.0. The molecule has 1 aliphatic heterocycles. The summed E-state index contributed by atoms with van der Waals surface area (Å²) >= 11 is 0. The van der Waals surface area contributed by atoms with E-state index in [1.165, 1.54) is 12.1 Å². The summed E-state index contributed by atoms with van der Waals surface area (Å²) in [6.45, 7) is 6.02. The number of nitrogens with one attached hydrogen (secondary N) is 1. The van der Waals surface area contributed by atoms with Gasteiger partial charge in [-0.25, -0.2) is 14.4 Å². The molecule has 2 heterocycles. The van der Waals surface area contributed by atoms with Crippen molar-refractivity contribution in [3.63, 3.8) is 0 Å². The van der Waals surface area contributed by atoms with E-state index < -0.39 is 0 Å². The molecule has 1 N–H and O–H groups in total. The molecule has 1 aromatic heterocycles. The lowest BCUT2D eigenvalue weighted by molar-refractivity contribution is 0.340. The summed E-state index contributed by atoms with van der Waals surface area (Å²) in [6, 6.07) is 16.4. The lowest BCUT2D eigenvalue weighted by Crippen LogP contribution is -2.46. The number of aromatic nitrogens is 2. The Balaban J connectivity index is 1.38. The smallest absolute Gasteiger partial charge is 0.135 e. The van der Waals surface area contributed by atoms with Crippen molar-refractivity contribution in [2.45, 2.75) is 6.92 Å². The van der Waals surface area contributed by atoms with Crippen LogP contribution in [0.4, 0.5) is 27.4 Å². The van der Waals surface area contributed by atoms with Crippen molar-refractivity contribution in [1.82, 2.24) is 9.97 Å². The minimum Gasteiger partial charge on any atom is -0.494 e. The van der Waals surface area contributed by atoms with E-state index in [4.69, 9.17) is 4.74 Å². The van der Waals surface area contributed by atoms with Crippen LogP contribution in [0.1, 0.15) is 6.92 Å². The van der Waals surface area contributed by atoms with E-state index >= 15 is 0 Å². The molecule has 0 saturated carbocycles. The largest absolute Gasteiger partial charge is 0.494 e. The molecule has 7 heteroatoms. The molecule has 0 atom stereocenters. The first-order valence-electron chi connectivity index (χ1n) is 9.78. The van der Waals surface area contributed by atoms with Gasteiger partial charge in [-0.05, 0) is 55.5 Å². The van der Waals surface area contributed by atoms with Crippen LogP contribution in [0.25, 0.3) is 0 Å². The van der Waals surface area contributed by atoms with Gasteiger partial charge >= 0.3 is 0 Å². The average Bonchev–Trinajstić information content (AvgIpc) is 2.76. The van der Waals surface area contributed by atoms with Crippen LogP contribution in [-0.2, 0) is 0 Å². The molecule has 1 aliphatic rings. The molecule has 0 aliphatic carbocycles. The van der Waals surface area contributed by atoms with Crippen molar-refractivity contribution in [3.05, 3.63) is 66.7 Å². The van der Waals surface area contributed by atoms with Gasteiger partial charge in [-0.2, -0.15) is 0 Å². The second-order valence-corrected chi connectivity index (χ2v) is 6.79. The summed E-state index contributed by atoms with van der Waals surface area (Å²) in [6.07, 6.45) is 1.58. The first-order valence-corrected chi connectivity index (χ1v) is 9.78. The highest BCUT2D eigenvalue weighted by molar-refractivity contribution is 5.60. The molecule has 0 amide bonds. The van der Waals surface area contributed by atoms with E-state index in [0.717, 1.165) is 54.9 Å². The highest BCUT2D eigenvalue weighted by Crippen LogP contribution is 2.23. The maximum absolute atomic E-state index is 13.1. The number of piperazine rings is 1. The molecule has 1 fully saturated rings. The van der Waals surface area contributed by atoms with Crippen LogP contribution in [-0.4, -0.2) is 42.8 Å². The highest BCUT2D eigenvalue weighted by atomic mass is 19.1. The Morgan fingerprint density at radius 2 is 1.62 bits per heavy atom. The predicted molar refractivity (Wildman–Crippen MR) is 114 cm³/mol. The minimum atomic E-state index is -0.207. The second-order valence-electron chi connectivity index (χ2n) is 6.79. The van der Waals surface area contributed by atoms with Crippen molar-refractivity contribution in [3.8, 4) is 5.75 Å². The van der Waals surface area contributed by atoms with Crippen LogP contribution in [0.2, 0.25) is 0 Å². The van der Waals surface area contributed by atoms with Gasteiger partial charge in [0.1, 0.15) is 29.5 Å². The molecule has 29 heavy (non-hydrogen) atoms. The Kier molecular flexibility index (Phi) is 5.74. The van der Waals surface area contributed by atoms with Gasteiger partial charge in [0.15, 0.2) is 0 Å². The summed E-state index contributed by atoms with van der Waals surface area (Å²) in [5.41, 5.74) is 1.99. The Labute approximate surface area is 170 Å². The quantitative estimate of drug-likeness (QED) is 0.681. The van der Waals surface area contributed by atoms with Crippen LogP contribution < -0.4 is 19.9 Å². The molecule has 0 spiro atoms. The third-order valence-electron chi connectivity index (χ3n) is 4.89. The summed E-state index contributed by atoms with van der Waals surface area (Å²) < 4.78 is 18.6. The van der Waals surface area contributed by atoms with Gasteiger partial charge < -0.3 is 19.9 Å². The predicted octanol–water partition coefficient (Wildman–Crippen LogP) is 4.08. The number of ether oxygens (including phenoxy) is 1. The Morgan fingerprint density at radius 1 is 0.931 bits per heavy atom. The van der Waals surface area contributed by atoms with Crippen LogP contribution in [0.3, 0.4) is 0 Å². The van der Waals surface area contributed by atoms with Crippen LogP contribution in [0.5, 0.6) is 5.75 Å². The lowest BCUT2D eigenvalue weighted by atomic mass is 10.2. The molecule has 4 rings (SSSR count). The van der Waals surface area contributed by atoms with Crippen molar-refractivity contribution in [1.29, 1.82) is 0 Å². The molecule has 6 nitrogen and oxygen atoms in total. The third-order valence-corrected chi connectivity index (χ3v) is 4.89. The number of anilines is 4. The van der Waals surface area contributed by atoms with E-state index in [-0.39, 0.29) is 5.82 Å². The van der Waals surface area contributed by atoms with Crippen molar-refractivity contribution in [2.24, 2.45) is 0 Å². The summed E-state index contributed by atoms with van der Waals surface area (Å²) in [7, 11) is 0. The van der Waals surface area contributed by atoms with Gasteiger partial charge in [0.25, 0.3) is 0 Å². The van der Waals surface area contributed by atoms with E-state index in [9.17, 15) is 4.39 Å². The van der Waals surface area contributed by atoms with Gasteiger partial charge in [-0.3, -0.25) is 0 Å². The number of halogens is 1. The zero-order valence-electron chi connectivity index (χ0n) is 16.4. The molecule has 0 radical (unpaired) electrons. The fourth-order valence-electron chi connectivity index (χ4n) is 3.38. The van der Waals surface area contributed by atoms with Gasteiger partial charge in [0, 0.05) is 43.6 Å². The zero-order chi connectivity index (χ0) is 20.1. The molecule has 1 saturated heterocycles. The molecular weight excluding hydrogens is 369 g/mol. The zero-order valence-corrected chi connectivity index (χ0v) is 16.4. The topological polar surface area (TPSA) is 53.5 Å². The number of nitrogens with zero attached hydrogens (tertiary/aromatic N) is 4. The number of hydrogen-bond acceptors (Lipinski definition) is 6. The number of rotatable bonds is 6. The maximum atomic E-state index is 13.1. The van der Waals surface area contributed by atoms with Crippen LogP contribution in [0, 0.1) is 5.82 Å². The van der Waals surface area contributed by atoms with Crippen LogP contribution in [0.15, 0.2) is 60.9 Å². The van der Waals surface area contributed by atoms with Gasteiger partial charge in [0.2, 0.25) is 0 Å². The first kappa shape index (κ1) is 19.0. The molecule has 0 unspecified atom stereocenters. The average molecular weight is 393 g/mol. The fourth-order valence-corrected chi connectivity index (χ4v) is 3.38. The van der Waals surface area contributed by atoms with Crippen molar-refractivity contribution >= 4 is 23.0 Å². The monoisotopic (exact) mass is 393 g/mol. The third kappa shape index (κ3) is 4.74. The second kappa shape index (κ2) is 8.77. The maximum Gasteiger partial charge on any atom is 0.135 e. The molecule has 150 valence electrons. The van der Waals surface area contributed by atoms with Crippen molar-refractivity contribution in [2.75, 3.05) is 47.9 Å². The Hall–Kier alpha value is -3.35.